The van der Waals surface area contributed by atoms with Crippen LogP contribution in [0.3, 0.4) is 0 Å². The average Bonchev–Trinajstić information content (AvgIpc) is 3.03. The number of nitrogens with zero attached hydrogens (tertiary/aromatic N) is 6. The van der Waals surface area contributed by atoms with Crippen LogP contribution in [-0.4, -0.2) is 58.3 Å². The highest BCUT2D eigenvalue weighted by Crippen LogP contribution is 2.20. The standard InChI is InChI=1S/C20H30FN7/c1-4-5-10-22-20(23-15-19-25-24-16(2)26(19)3)28-13-11-27(12-14-28)18-9-7-6-8-17(18)21/h6-9H,4-5,10-15H2,1-3H3,(H,22,23). The van der Waals surface area contributed by atoms with Gasteiger partial charge < -0.3 is 19.7 Å². The van der Waals surface area contributed by atoms with Crippen molar-refractivity contribution in [1.29, 1.82) is 0 Å². The Bertz CT molecular complexity index is 794. The van der Waals surface area contributed by atoms with E-state index in [1.807, 2.05) is 30.7 Å². The van der Waals surface area contributed by atoms with E-state index in [-0.39, 0.29) is 5.82 Å². The second-order valence-electron chi connectivity index (χ2n) is 7.07. The van der Waals surface area contributed by atoms with Crippen LogP contribution in [0.15, 0.2) is 29.3 Å². The first-order valence-electron chi connectivity index (χ1n) is 9.97. The van der Waals surface area contributed by atoms with Crippen LogP contribution in [-0.2, 0) is 13.6 Å². The molecule has 7 nitrogen and oxygen atoms in total. The zero-order valence-electron chi connectivity index (χ0n) is 17.0. The highest BCUT2D eigenvalue weighted by molar-refractivity contribution is 5.80. The van der Waals surface area contributed by atoms with Gasteiger partial charge in [-0.25, -0.2) is 9.38 Å². The zero-order chi connectivity index (χ0) is 19.9. The van der Waals surface area contributed by atoms with E-state index in [2.05, 4.69) is 32.2 Å². The maximum atomic E-state index is 14.1. The molecule has 0 amide bonds. The van der Waals surface area contributed by atoms with Gasteiger partial charge in [-0.1, -0.05) is 25.5 Å². The van der Waals surface area contributed by atoms with Gasteiger partial charge in [-0.2, -0.15) is 0 Å². The number of piperazine rings is 1. The molecule has 0 aliphatic carbocycles. The molecular weight excluding hydrogens is 357 g/mol. The first kappa shape index (κ1) is 20.1. The number of guanidine groups is 1. The van der Waals surface area contributed by atoms with Gasteiger partial charge in [-0.15, -0.1) is 10.2 Å². The van der Waals surface area contributed by atoms with Gasteiger partial charge in [-0.05, 0) is 25.5 Å². The number of rotatable bonds is 6. The smallest absolute Gasteiger partial charge is 0.194 e. The summed E-state index contributed by atoms with van der Waals surface area (Å²) in [4.78, 5) is 9.14. The van der Waals surface area contributed by atoms with E-state index >= 15 is 0 Å². The summed E-state index contributed by atoms with van der Waals surface area (Å²) in [5.41, 5.74) is 0.675. The van der Waals surface area contributed by atoms with Gasteiger partial charge in [0.25, 0.3) is 0 Å². The molecule has 1 aliphatic heterocycles. The van der Waals surface area contributed by atoms with Crippen molar-refractivity contribution < 1.29 is 4.39 Å². The minimum Gasteiger partial charge on any atom is -0.366 e. The molecule has 0 saturated carbocycles. The molecule has 2 aromatic rings. The molecule has 0 spiro atoms. The van der Waals surface area contributed by atoms with Crippen LogP contribution in [0.25, 0.3) is 0 Å². The van der Waals surface area contributed by atoms with Crippen LogP contribution in [0, 0.1) is 12.7 Å². The third-order valence-corrected chi connectivity index (χ3v) is 5.14. The summed E-state index contributed by atoms with van der Waals surface area (Å²) in [7, 11) is 1.96. The lowest BCUT2D eigenvalue weighted by molar-refractivity contribution is 0.369. The Kier molecular flexibility index (Phi) is 6.84. The molecule has 28 heavy (non-hydrogen) atoms. The molecule has 2 heterocycles. The molecule has 1 N–H and O–H groups in total. The molecule has 1 aliphatic rings. The summed E-state index contributed by atoms with van der Waals surface area (Å²) >= 11 is 0. The second-order valence-corrected chi connectivity index (χ2v) is 7.07. The van der Waals surface area contributed by atoms with E-state index in [0.717, 1.165) is 63.2 Å². The lowest BCUT2D eigenvalue weighted by atomic mass is 10.2. The van der Waals surface area contributed by atoms with E-state index in [1.165, 1.54) is 6.07 Å². The molecular formula is C20H30FN7. The van der Waals surface area contributed by atoms with Crippen molar-refractivity contribution in [2.75, 3.05) is 37.6 Å². The normalized spacial score (nSPS) is 15.2. The monoisotopic (exact) mass is 387 g/mol. The van der Waals surface area contributed by atoms with Crippen LogP contribution in [0.2, 0.25) is 0 Å². The fraction of sp³-hybridized carbons (Fsp3) is 0.550. The molecule has 3 rings (SSSR count). The van der Waals surface area contributed by atoms with Crippen molar-refractivity contribution in [3.05, 3.63) is 41.7 Å². The number of para-hydroxylation sites is 1. The molecule has 152 valence electrons. The number of unbranched alkanes of at least 4 members (excludes halogenated alkanes) is 1. The predicted octanol–water partition coefficient (Wildman–Crippen LogP) is 2.33. The van der Waals surface area contributed by atoms with E-state index in [1.54, 1.807) is 6.07 Å². The third kappa shape index (κ3) is 4.79. The summed E-state index contributed by atoms with van der Waals surface area (Å²) < 4.78 is 16.0. The van der Waals surface area contributed by atoms with Crippen molar-refractivity contribution >= 4 is 11.6 Å². The topological polar surface area (TPSA) is 61.6 Å². The maximum Gasteiger partial charge on any atom is 0.194 e. The summed E-state index contributed by atoms with van der Waals surface area (Å²) in [6, 6.07) is 6.97. The summed E-state index contributed by atoms with van der Waals surface area (Å²) in [5.74, 6) is 2.45. The van der Waals surface area contributed by atoms with Gasteiger partial charge in [0.05, 0.1) is 5.69 Å². The quantitative estimate of drug-likeness (QED) is 0.468. The van der Waals surface area contributed by atoms with Crippen LogP contribution in [0.1, 0.15) is 31.4 Å². The SMILES string of the molecule is CCCCNC(=NCc1nnc(C)n1C)N1CCN(c2ccccc2F)CC1. The molecule has 8 heteroatoms. The first-order valence-corrected chi connectivity index (χ1v) is 9.97. The Morgan fingerprint density at radius 2 is 1.93 bits per heavy atom. The number of halogens is 1. The Morgan fingerprint density at radius 3 is 2.57 bits per heavy atom. The van der Waals surface area contributed by atoms with Crippen molar-refractivity contribution in [1.82, 2.24) is 25.0 Å². The van der Waals surface area contributed by atoms with Crippen LogP contribution in [0.4, 0.5) is 10.1 Å². The molecule has 0 atom stereocenters. The molecule has 1 aromatic heterocycles. The Labute approximate surface area is 166 Å². The van der Waals surface area contributed by atoms with Crippen LogP contribution >= 0.6 is 0 Å². The Hall–Kier alpha value is -2.64. The molecule has 0 unspecified atom stereocenters. The molecule has 0 radical (unpaired) electrons. The van der Waals surface area contributed by atoms with Crippen molar-refractivity contribution in [2.45, 2.75) is 33.2 Å². The number of aromatic nitrogens is 3. The number of nitrogens with one attached hydrogen (secondary N) is 1. The van der Waals surface area contributed by atoms with E-state index in [9.17, 15) is 4.39 Å². The van der Waals surface area contributed by atoms with Gasteiger partial charge >= 0.3 is 0 Å². The highest BCUT2D eigenvalue weighted by Gasteiger charge is 2.21. The number of aryl methyl sites for hydroxylation is 1. The zero-order valence-corrected chi connectivity index (χ0v) is 17.0. The minimum atomic E-state index is -0.163. The van der Waals surface area contributed by atoms with Crippen molar-refractivity contribution in [2.24, 2.45) is 12.0 Å². The number of hydrogen-bond donors (Lipinski definition) is 1. The van der Waals surface area contributed by atoms with E-state index < -0.39 is 0 Å². The summed E-state index contributed by atoms with van der Waals surface area (Å²) in [6.07, 6.45) is 2.22. The van der Waals surface area contributed by atoms with Crippen LogP contribution in [0.5, 0.6) is 0 Å². The Morgan fingerprint density at radius 1 is 1.18 bits per heavy atom. The van der Waals surface area contributed by atoms with Gasteiger partial charge in [0.2, 0.25) is 0 Å². The van der Waals surface area contributed by atoms with Crippen molar-refractivity contribution in [3.8, 4) is 0 Å². The predicted molar refractivity (Wildman–Crippen MR) is 110 cm³/mol. The largest absolute Gasteiger partial charge is 0.366 e. The minimum absolute atomic E-state index is 0.163. The summed E-state index contributed by atoms with van der Waals surface area (Å²) in [6.45, 7) is 8.60. The van der Waals surface area contributed by atoms with E-state index in [4.69, 9.17) is 4.99 Å². The Balaban J connectivity index is 1.66. The molecule has 0 bridgehead atoms. The van der Waals surface area contributed by atoms with Gasteiger partial charge in [0.1, 0.15) is 18.2 Å². The third-order valence-electron chi connectivity index (χ3n) is 5.14. The van der Waals surface area contributed by atoms with Gasteiger partial charge in [0.15, 0.2) is 11.8 Å². The fourth-order valence-electron chi connectivity index (χ4n) is 3.25. The lowest BCUT2D eigenvalue weighted by Gasteiger charge is -2.37. The average molecular weight is 388 g/mol. The summed E-state index contributed by atoms with van der Waals surface area (Å²) in [5, 5.41) is 11.8. The number of benzene rings is 1. The van der Waals surface area contributed by atoms with E-state index in [0.29, 0.717) is 12.2 Å². The van der Waals surface area contributed by atoms with Gasteiger partial charge in [-0.3, -0.25) is 0 Å². The lowest BCUT2D eigenvalue weighted by Crippen LogP contribution is -2.53. The van der Waals surface area contributed by atoms with Crippen LogP contribution < -0.4 is 10.2 Å². The molecule has 1 aromatic carbocycles. The maximum absolute atomic E-state index is 14.1. The number of anilines is 1. The molecule has 1 saturated heterocycles. The first-order chi connectivity index (χ1) is 13.6. The molecule has 1 fully saturated rings. The van der Waals surface area contributed by atoms with Crippen molar-refractivity contribution in [3.63, 3.8) is 0 Å². The fourth-order valence-corrected chi connectivity index (χ4v) is 3.25. The number of aliphatic imine (C=N–C) groups is 1. The second kappa shape index (κ2) is 9.52. The highest BCUT2D eigenvalue weighted by atomic mass is 19.1. The number of hydrogen-bond acceptors (Lipinski definition) is 4. The van der Waals surface area contributed by atoms with Gasteiger partial charge in [0, 0.05) is 39.8 Å².